The molecule has 0 atom stereocenters. The Bertz CT molecular complexity index is 4150. The zero-order chi connectivity index (χ0) is 44.3. The van der Waals surface area contributed by atoms with Crippen LogP contribution in [0, 0.1) is 0 Å². The summed E-state index contributed by atoms with van der Waals surface area (Å²) in [6.45, 7) is 0. The van der Waals surface area contributed by atoms with Crippen molar-refractivity contribution < 1.29 is 0 Å². The van der Waals surface area contributed by atoms with Gasteiger partial charge in [-0.15, -0.1) is 0 Å². The minimum Gasteiger partial charge on any atom is -0.308 e. The van der Waals surface area contributed by atoms with Crippen LogP contribution in [-0.4, -0.2) is 9.13 Å². The Balaban J connectivity index is 1.31. The molecular formula is C65H44N2. The van der Waals surface area contributed by atoms with Gasteiger partial charge in [-0.25, -0.2) is 0 Å². The molecule has 0 saturated heterocycles. The van der Waals surface area contributed by atoms with Gasteiger partial charge in [0.2, 0.25) is 0 Å². The van der Waals surface area contributed by atoms with Crippen molar-refractivity contribution in [1.82, 2.24) is 9.13 Å². The average molecular weight is 853 g/mol. The van der Waals surface area contributed by atoms with Gasteiger partial charge in [0.25, 0.3) is 0 Å². The SMILES string of the molecule is C1=CCc2c(cccc2-n2c3ccc(cc3)c3ccccc3c3c4ccccc4c(c4ccccc4c4ccc(cc4)n(-c4cccc5ccccc45)c4ccccc42)c2ccccc23)C=C1. The van der Waals surface area contributed by atoms with E-state index < -0.39 is 0 Å². The summed E-state index contributed by atoms with van der Waals surface area (Å²) < 4.78 is 4.95. The predicted molar refractivity (Wildman–Crippen MR) is 289 cm³/mol. The van der Waals surface area contributed by atoms with Crippen LogP contribution < -0.4 is 0 Å². The summed E-state index contributed by atoms with van der Waals surface area (Å²) in [7, 11) is 0. The van der Waals surface area contributed by atoms with Crippen molar-refractivity contribution in [3.05, 3.63) is 260 Å². The summed E-state index contributed by atoms with van der Waals surface area (Å²) in [5.74, 6) is 0. The van der Waals surface area contributed by atoms with Gasteiger partial charge in [0, 0.05) is 16.4 Å². The van der Waals surface area contributed by atoms with Gasteiger partial charge in [0.1, 0.15) is 0 Å². The lowest BCUT2D eigenvalue weighted by atomic mass is 9.90. The summed E-state index contributed by atoms with van der Waals surface area (Å²) in [4.78, 5) is 0. The Morgan fingerprint density at radius 3 is 1.21 bits per heavy atom. The second kappa shape index (κ2) is 16.1. The van der Waals surface area contributed by atoms with Gasteiger partial charge >= 0.3 is 0 Å². The Kier molecular flexibility index (Phi) is 9.28. The van der Waals surface area contributed by atoms with Crippen LogP contribution >= 0.6 is 0 Å². The second-order valence-corrected chi connectivity index (χ2v) is 17.5. The molecule has 2 nitrogen and oxygen atoms in total. The zero-order valence-electron chi connectivity index (χ0n) is 36.9. The molecule has 0 amide bonds. The maximum Gasteiger partial charge on any atom is 0.0702 e. The number of para-hydroxylation sites is 2. The van der Waals surface area contributed by atoms with Gasteiger partial charge in [-0.05, 0) is 136 Å². The van der Waals surface area contributed by atoms with Crippen molar-refractivity contribution in [2.24, 2.45) is 0 Å². The van der Waals surface area contributed by atoms with E-state index in [2.05, 4.69) is 264 Å². The first-order chi connectivity index (χ1) is 33.3. The molecule has 0 spiro atoms. The molecule has 67 heavy (non-hydrogen) atoms. The molecule has 15 aromatic rings. The quantitative estimate of drug-likeness (QED) is 0.153. The number of hydrogen-bond donors (Lipinski definition) is 0. The molecule has 0 saturated carbocycles. The standard InChI is InChI=1S/C65H44N2/c1-2-18-44-20-16-34-60(52(44)24-3-1)66-48-40-36-46(37-41-48)50-22-6-8-26-54(50)64-56-28-10-12-30-58(56)65(59-31-13-11-29-57(59)64)55-27-9-7-23-51(55)47-38-42-49(43-39-47)67(63-33-15-14-32-62(63)66)61-35-17-21-45-19-4-5-25-53(45)61/h1-23,25-43H,24H2. The van der Waals surface area contributed by atoms with Gasteiger partial charge < -0.3 is 9.13 Å². The lowest BCUT2D eigenvalue weighted by molar-refractivity contribution is 1.09. The first-order valence-electron chi connectivity index (χ1n) is 23.2. The molecule has 314 valence electrons. The maximum atomic E-state index is 2.48. The molecule has 2 heteroatoms. The first-order valence-corrected chi connectivity index (χ1v) is 23.2. The highest BCUT2D eigenvalue weighted by molar-refractivity contribution is 6.35. The highest BCUT2D eigenvalue weighted by atomic mass is 15.0. The van der Waals surface area contributed by atoms with Crippen molar-refractivity contribution in [2.75, 3.05) is 0 Å². The fraction of sp³-hybridized carbons (Fsp3) is 0.0154. The van der Waals surface area contributed by atoms with E-state index >= 15 is 0 Å². The van der Waals surface area contributed by atoms with Crippen LogP contribution in [0.15, 0.2) is 249 Å². The Morgan fingerprint density at radius 1 is 0.284 bits per heavy atom. The van der Waals surface area contributed by atoms with Crippen LogP contribution in [0.5, 0.6) is 0 Å². The van der Waals surface area contributed by atoms with Crippen molar-refractivity contribution in [3.63, 3.8) is 0 Å². The van der Waals surface area contributed by atoms with Crippen molar-refractivity contribution >= 4 is 104 Å². The third-order valence-corrected chi connectivity index (χ3v) is 13.8. The summed E-state index contributed by atoms with van der Waals surface area (Å²) in [5, 5.41) is 17.0. The van der Waals surface area contributed by atoms with E-state index in [0.717, 1.165) is 45.2 Å². The van der Waals surface area contributed by atoms with E-state index in [-0.39, 0.29) is 0 Å². The van der Waals surface area contributed by atoms with E-state index in [4.69, 9.17) is 0 Å². The Labute approximate surface area is 388 Å². The number of hydrogen-bond acceptors (Lipinski definition) is 0. The van der Waals surface area contributed by atoms with Crippen LogP contribution in [0.4, 0.5) is 0 Å². The molecule has 0 aliphatic heterocycles. The maximum absolute atomic E-state index is 2.48. The number of benzene rings is 11. The normalized spacial score (nSPS) is 12.3. The Hall–Kier alpha value is -8.72. The van der Waals surface area contributed by atoms with Crippen LogP contribution in [0.2, 0.25) is 0 Å². The lowest BCUT2D eigenvalue weighted by Gasteiger charge is -2.20. The van der Waals surface area contributed by atoms with E-state index in [1.54, 1.807) is 0 Å². The average Bonchev–Trinajstić information content (AvgIpc) is 3.65. The van der Waals surface area contributed by atoms with E-state index in [1.807, 2.05) is 0 Å². The molecular weight excluding hydrogens is 809 g/mol. The molecule has 6 bridgehead atoms. The highest BCUT2D eigenvalue weighted by Crippen LogP contribution is 2.41. The van der Waals surface area contributed by atoms with Crippen LogP contribution in [-0.2, 0) is 6.42 Å². The largest absolute Gasteiger partial charge is 0.308 e. The zero-order valence-corrected chi connectivity index (χ0v) is 36.9. The van der Waals surface area contributed by atoms with Gasteiger partial charge in [-0.1, -0.05) is 206 Å². The number of aromatic nitrogens is 2. The second-order valence-electron chi connectivity index (χ2n) is 17.5. The van der Waals surface area contributed by atoms with E-state index in [1.165, 1.54) is 81.1 Å². The van der Waals surface area contributed by atoms with Gasteiger partial charge in [0.05, 0.1) is 22.4 Å². The monoisotopic (exact) mass is 852 g/mol. The summed E-state index contributed by atoms with van der Waals surface area (Å²) in [5.41, 5.74) is 9.09. The number of nitrogens with zero attached hydrogens (tertiary/aromatic N) is 2. The lowest BCUT2D eigenvalue weighted by Crippen LogP contribution is -2.05. The van der Waals surface area contributed by atoms with Gasteiger partial charge in [-0.2, -0.15) is 0 Å². The summed E-state index contributed by atoms with van der Waals surface area (Å²) in [6, 6.07) is 85.5. The smallest absolute Gasteiger partial charge is 0.0702 e. The van der Waals surface area contributed by atoms with Crippen LogP contribution in [0.1, 0.15) is 11.1 Å². The van der Waals surface area contributed by atoms with Gasteiger partial charge in [-0.3, -0.25) is 0 Å². The molecule has 0 N–H and O–H groups in total. The molecule has 16 rings (SSSR count). The predicted octanol–water partition coefficient (Wildman–Crippen LogP) is 17.6. The first kappa shape index (κ1) is 38.7. The highest BCUT2D eigenvalue weighted by Gasteiger charge is 2.16. The molecule has 0 radical (unpaired) electrons. The Morgan fingerprint density at radius 2 is 0.672 bits per heavy atom. The van der Waals surface area contributed by atoms with Crippen molar-refractivity contribution in [2.45, 2.75) is 6.42 Å². The van der Waals surface area contributed by atoms with E-state index in [0.29, 0.717) is 0 Å². The summed E-state index contributed by atoms with van der Waals surface area (Å²) >= 11 is 0. The minimum atomic E-state index is 0.819. The van der Waals surface area contributed by atoms with Crippen molar-refractivity contribution in [3.8, 4) is 11.4 Å². The topological polar surface area (TPSA) is 9.86 Å². The third-order valence-electron chi connectivity index (χ3n) is 13.8. The van der Waals surface area contributed by atoms with Gasteiger partial charge in [0.15, 0.2) is 0 Å². The van der Waals surface area contributed by atoms with Crippen molar-refractivity contribution in [1.29, 1.82) is 0 Å². The van der Waals surface area contributed by atoms with Crippen LogP contribution in [0.3, 0.4) is 0 Å². The number of allylic oxidation sites excluding steroid dienone is 3. The molecule has 1 aliphatic carbocycles. The number of rotatable bonds is 2. The van der Waals surface area contributed by atoms with E-state index in [9.17, 15) is 0 Å². The minimum absolute atomic E-state index is 0.819. The molecule has 4 heterocycles. The molecule has 1 aliphatic rings. The molecule has 0 unspecified atom stereocenters. The fourth-order valence-electron chi connectivity index (χ4n) is 10.9. The van der Waals surface area contributed by atoms with Crippen LogP contribution in [0.25, 0.3) is 115 Å². The fourth-order valence-corrected chi connectivity index (χ4v) is 10.9. The number of fused-ring (bicyclic) bond motifs is 3. The molecule has 0 fully saturated rings. The summed E-state index contributed by atoms with van der Waals surface area (Å²) in [6.07, 6.45) is 9.65. The third kappa shape index (κ3) is 6.41. The molecule has 4 aromatic heterocycles. The molecule has 11 aromatic carbocycles.